The van der Waals surface area contributed by atoms with Crippen LogP contribution < -0.4 is 5.69 Å². The van der Waals surface area contributed by atoms with Crippen LogP contribution in [-0.4, -0.2) is 37.3 Å². The maximum absolute atomic E-state index is 12.1. The van der Waals surface area contributed by atoms with Gasteiger partial charge in [0, 0.05) is 31.4 Å². The lowest BCUT2D eigenvalue weighted by molar-refractivity contribution is 0.194. The first kappa shape index (κ1) is 17.4. The van der Waals surface area contributed by atoms with Crippen molar-refractivity contribution in [1.82, 2.24) is 24.2 Å². The van der Waals surface area contributed by atoms with Crippen LogP contribution in [0.15, 0.2) is 10.2 Å². The molecule has 1 saturated heterocycles. The molecule has 2 aromatic heterocycles. The molecule has 0 N–H and O–H groups in total. The topological polar surface area (TPSA) is 56.0 Å². The normalized spacial score (nSPS) is 19.3. The highest BCUT2D eigenvalue weighted by atomic mass is 32.1. The number of aryl methyl sites for hydroxylation is 1. The predicted molar refractivity (Wildman–Crippen MR) is 96.6 cm³/mol. The minimum Gasteiger partial charge on any atom is -0.296 e. The summed E-state index contributed by atoms with van der Waals surface area (Å²) in [6.07, 6.45) is 2.24. The Morgan fingerprint density at radius 3 is 2.88 bits per heavy atom. The van der Waals surface area contributed by atoms with Crippen molar-refractivity contribution in [2.45, 2.75) is 58.5 Å². The van der Waals surface area contributed by atoms with Gasteiger partial charge in [-0.15, -0.1) is 11.3 Å². The Balaban J connectivity index is 1.72. The number of aromatic nitrogens is 4. The third kappa shape index (κ3) is 3.47. The number of hydrogen-bond acceptors (Lipinski definition) is 5. The van der Waals surface area contributed by atoms with E-state index in [9.17, 15) is 4.79 Å². The van der Waals surface area contributed by atoms with Crippen molar-refractivity contribution in [3.63, 3.8) is 0 Å². The van der Waals surface area contributed by atoms with Crippen molar-refractivity contribution in [2.24, 2.45) is 7.05 Å². The van der Waals surface area contributed by atoms with Gasteiger partial charge in [-0.25, -0.2) is 14.5 Å². The molecule has 0 spiro atoms. The van der Waals surface area contributed by atoms with Crippen LogP contribution in [0.2, 0.25) is 0 Å². The summed E-state index contributed by atoms with van der Waals surface area (Å²) in [6.45, 7) is 10.0. The third-order valence-electron chi connectivity index (χ3n) is 4.74. The van der Waals surface area contributed by atoms with E-state index in [2.05, 4.69) is 29.2 Å². The zero-order valence-corrected chi connectivity index (χ0v) is 15.8. The predicted octanol–water partition coefficient (Wildman–Crippen LogP) is 2.56. The van der Waals surface area contributed by atoms with Gasteiger partial charge in [0.25, 0.3) is 0 Å². The van der Waals surface area contributed by atoms with Crippen LogP contribution in [-0.2, 0) is 20.1 Å². The summed E-state index contributed by atoms with van der Waals surface area (Å²) in [5.41, 5.74) is 1.18. The Morgan fingerprint density at radius 1 is 1.42 bits per heavy atom. The minimum absolute atomic E-state index is 0.00822. The van der Waals surface area contributed by atoms with Crippen molar-refractivity contribution in [3.8, 4) is 0 Å². The van der Waals surface area contributed by atoms with Crippen molar-refractivity contribution < 1.29 is 0 Å². The van der Waals surface area contributed by atoms with E-state index >= 15 is 0 Å². The monoisotopic (exact) mass is 349 g/mol. The van der Waals surface area contributed by atoms with Gasteiger partial charge in [0.2, 0.25) is 0 Å². The number of likely N-dealkylation sites (tertiary alicyclic amines) is 1. The summed E-state index contributed by atoms with van der Waals surface area (Å²) in [5.74, 6) is 1.76. The first-order valence-corrected chi connectivity index (χ1v) is 9.68. The van der Waals surface area contributed by atoms with E-state index in [1.807, 2.05) is 11.5 Å². The number of nitrogens with zero attached hydrogens (tertiary/aromatic N) is 5. The molecule has 0 aliphatic carbocycles. The van der Waals surface area contributed by atoms with Crippen molar-refractivity contribution >= 4 is 11.3 Å². The Bertz CT molecular complexity index is 744. The smallest absolute Gasteiger partial charge is 0.296 e. The van der Waals surface area contributed by atoms with Crippen molar-refractivity contribution in [3.05, 3.63) is 32.4 Å². The maximum Gasteiger partial charge on any atom is 0.345 e. The van der Waals surface area contributed by atoms with Gasteiger partial charge in [-0.1, -0.05) is 13.8 Å². The largest absolute Gasteiger partial charge is 0.345 e. The molecular formula is C17H27N5OS. The highest BCUT2D eigenvalue weighted by molar-refractivity contribution is 7.09. The fraction of sp³-hybridized carbons (Fsp3) is 0.706. The van der Waals surface area contributed by atoms with Gasteiger partial charge in [0.15, 0.2) is 0 Å². The van der Waals surface area contributed by atoms with Crippen LogP contribution in [0.5, 0.6) is 0 Å². The average molecular weight is 350 g/mol. The molecule has 0 saturated carbocycles. The number of thiazole rings is 1. The van der Waals surface area contributed by atoms with Gasteiger partial charge in [0.1, 0.15) is 10.8 Å². The molecule has 0 radical (unpaired) electrons. The molecular weight excluding hydrogens is 322 g/mol. The molecule has 1 fully saturated rings. The summed E-state index contributed by atoms with van der Waals surface area (Å²) in [7, 11) is 1.74. The van der Waals surface area contributed by atoms with Gasteiger partial charge in [-0.05, 0) is 32.2 Å². The third-order valence-corrected chi connectivity index (χ3v) is 5.60. The highest BCUT2D eigenvalue weighted by Gasteiger charge is 2.27. The van der Waals surface area contributed by atoms with Gasteiger partial charge in [0.05, 0.1) is 12.2 Å². The lowest BCUT2D eigenvalue weighted by atomic mass is 9.97. The molecule has 3 heterocycles. The van der Waals surface area contributed by atoms with Gasteiger partial charge < -0.3 is 0 Å². The minimum atomic E-state index is -0.00822. The Morgan fingerprint density at radius 2 is 2.21 bits per heavy atom. The second-order valence-corrected chi connectivity index (χ2v) is 7.85. The fourth-order valence-corrected chi connectivity index (χ4v) is 4.38. The molecule has 1 aliphatic heterocycles. The van der Waals surface area contributed by atoms with E-state index in [4.69, 9.17) is 4.98 Å². The number of piperidine rings is 1. The van der Waals surface area contributed by atoms with Crippen LogP contribution in [0.3, 0.4) is 0 Å². The Labute approximate surface area is 147 Å². The van der Waals surface area contributed by atoms with Crippen LogP contribution >= 0.6 is 11.3 Å². The summed E-state index contributed by atoms with van der Waals surface area (Å²) < 4.78 is 3.28. The second kappa shape index (κ2) is 7.19. The van der Waals surface area contributed by atoms with E-state index in [-0.39, 0.29) is 5.69 Å². The van der Waals surface area contributed by atoms with Gasteiger partial charge >= 0.3 is 5.69 Å². The Hall–Kier alpha value is -1.47. The molecule has 6 nitrogen and oxygen atoms in total. The SMILES string of the molecule is CCn1c([C@H]2CCCN(Cc3nc(C(C)C)cs3)C2)nn(C)c1=O. The molecule has 3 rings (SSSR count). The summed E-state index contributed by atoms with van der Waals surface area (Å²) >= 11 is 1.76. The number of hydrogen-bond donors (Lipinski definition) is 0. The zero-order valence-electron chi connectivity index (χ0n) is 15.0. The molecule has 1 aliphatic rings. The second-order valence-electron chi connectivity index (χ2n) is 6.90. The van der Waals surface area contributed by atoms with Gasteiger partial charge in [-0.2, -0.15) is 5.10 Å². The molecule has 7 heteroatoms. The summed E-state index contributed by atoms with van der Waals surface area (Å²) in [5, 5.41) is 7.86. The molecule has 0 aromatic carbocycles. The Kier molecular flexibility index (Phi) is 5.20. The molecule has 0 unspecified atom stereocenters. The first-order chi connectivity index (χ1) is 11.5. The van der Waals surface area contributed by atoms with E-state index in [0.29, 0.717) is 18.4 Å². The lowest BCUT2D eigenvalue weighted by Gasteiger charge is -2.31. The molecule has 2 aromatic rings. The standard InChI is InChI=1S/C17H27N5OS/c1-5-22-16(19-20(4)17(22)23)13-7-6-8-21(9-13)10-15-18-14(11-24-15)12(2)3/h11-13H,5-10H2,1-4H3/t13-/m0/s1. The van der Waals surface area contributed by atoms with Crippen LogP contribution in [0.1, 0.15) is 62.0 Å². The zero-order chi connectivity index (χ0) is 17.3. The summed E-state index contributed by atoms with van der Waals surface area (Å²) in [4.78, 5) is 19.4. The average Bonchev–Trinajstić information content (AvgIpc) is 3.13. The highest BCUT2D eigenvalue weighted by Crippen LogP contribution is 2.27. The molecule has 0 amide bonds. The maximum atomic E-state index is 12.1. The lowest BCUT2D eigenvalue weighted by Crippen LogP contribution is -2.35. The van der Waals surface area contributed by atoms with E-state index in [0.717, 1.165) is 38.3 Å². The van der Waals surface area contributed by atoms with Crippen LogP contribution in [0.4, 0.5) is 0 Å². The first-order valence-electron chi connectivity index (χ1n) is 8.80. The van der Waals surface area contributed by atoms with Crippen molar-refractivity contribution in [2.75, 3.05) is 13.1 Å². The molecule has 1 atom stereocenters. The quantitative estimate of drug-likeness (QED) is 0.832. The molecule has 132 valence electrons. The van der Waals surface area contributed by atoms with Crippen LogP contribution in [0.25, 0.3) is 0 Å². The van der Waals surface area contributed by atoms with E-state index in [1.165, 1.54) is 15.4 Å². The fourth-order valence-electron chi connectivity index (χ4n) is 3.39. The van der Waals surface area contributed by atoms with Crippen LogP contribution in [0, 0.1) is 0 Å². The van der Waals surface area contributed by atoms with Gasteiger partial charge in [-0.3, -0.25) is 9.47 Å². The number of rotatable bonds is 5. The molecule has 24 heavy (non-hydrogen) atoms. The van der Waals surface area contributed by atoms with E-state index in [1.54, 1.807) is 18.4 Å². The summed E-state index contributed by atoms with van der Waals surface area (Å²) in [6, 6.07) is 0. The van der Waals surface area contributed by atoms with E-state index < -0.39 is 0 Å². The molecule has 0 bridgehead atoms. The van der Waals surface area contributed by atoms with Crippen molar-refractivity contribution in [1.29, 1.82) is 0 Å².